The van der Waals surface area contributed by atoms with Crippen LogP contribution in [0.1, 0.15) is 29.5 Å². The monoisotopic (exact) mass is 552 g/mol. The predicted molar refractivity (Wildman–Crippen MR) is 142 cm³/mol. The molecular weight excluding hydrogens is 526 g/mol. The third-order valence-corrected chi connectivity index (χ3v) is 7.82. The Hall–Kier alpha value is -4.12. The lowest BCUT2D eigenvalue weighted by Crippen LogP contribution is -2.42. The molecule has 39 heavy (non-hydrogen) atoms. The molecule has 2 aromatic carbocycles. The number of rotatable bonds is 7. The molecule has 0 bridgehead atoms. The Balaban J connectivity index is 1.19. The van der Waals surface area contributed by atoms with Crippen molar-refractivity contribution >= 4 is 39.8 Å². The van der Waals surface area contributed by atoms with Gasteiger partial charge in [0.05, 0.1) is 25.1 Å². The number of hydrogen-bond acceptors (Lipinski definition) is 6. The molecule has 0 aliphatic heterocycles. The summed E-state index contributed by atoms with van der Waals surface area (Å²) in [7, 11) is 1.42. The van der Waals surface area contributed by atoms with Gasteiger partial charge in [-0.2, -0.15) is 0 Å². The number of aromatic nitrogens is 2. The molecule has 2 atom stereocenters. The zero-order chi connectivity index (χ0) is 27.7. The van der Waals surface area contributed by atoms with Crippen molar-refractivity contribution in [3.8, 4) is 11.3 Å². The molecule has 2 aromatic heterocycles. The number of aryl methyl sites for hydroxylation is 1. The second-order valence-electron chi connectivity index (χ2n) is 9.52. The molecule has 2 heterocycles. The van der Waals surface area contributed by atoms with Gasteiger partial charge in [0.15, 0.2) is 4.96 Å². The summed E-state index contributed by atoms with van der Waals surface area (Å²) >= 11 is 1.58. The summed E-state index contributed by atoms with van der Waals surface area (Å²) in [6.07, 6.45) is 3.93. The number of esters is 1. The second kappa shape index (κ2) is 10.9. The summed E-state index contributed by atoms with van der Waals surface area (Å²) < 4.78 is 33.7. The summed E-state index contributed by atoms with van der Waals surface area (Å²) in [5, 5.41) is 5.29. The van der Waals surface area contributed by atoms with Crippen LogP contribution in [0.3, 0.4) is 0 Å². The molecule has 2 N–H and O–H groups in total. The fraction of sp³-hybridized carbons (Fsp3) is 0.286. The smallest absolute Gasteiger partial charge is 0.309 e. The lowest BCUT2D eigenvalue weighted by atomic mass is 9.91. The van der Waals surface area contributed by atoms with Crippen molar-refractivity contribution in [3.63, 3.8) is 0 Å². The molecule has 0 saturated heterocycles. The van der Waals surface area contributed by atoms with Crippen molar-refractivity contribution in [3.05, 3.63) is 76.4 Å². The molecule has 1 unspecified atom stereocenters. The van der Waals surface area contributed by atoms with E-state index in [1.807, 2.05) is 18.3 Å². The Labute approximate surface area is 227 Å². The Morgan fingerprint density at radius 3 is 2.56 bits per heavy atom. The maximum absolute atomic E-state index is 13.3. The van der Waals surface area contributed by atoms with E-state index in [0.29, 0.717) is 12.1 Å². The van der Waals surface area contributed by atoms with Crippen LogP contribution in [0.2, 0.25) is 0 Å². The minimum absolute atomic E-state index is 0.109. The standard InChI is InChI=1S/C28H26F2N4O4S/c1-15(31-25(35)11-16-9-19(29)13-20(30)10-16)26(36)32-21-6-3-17(4-7-21)22-14-34-23-8-5-18(27(37)38-2)12-24(23)39-28(34)33-22/h3-4,6-7,9-10,13-15,18H,5,8,11-12H2,1-2H3,(H,31,35)(H,32,36)/t15-,18?/m0/s1. The van der Waals surface area contributed by atoms with Crippen molar-refractivity contribution in [2.24, 2.45) is 5.92 Å². The van der Waals surface area contributed by atoms with Gasteiger partial charge in [0.2, 0.25) is 11.8 Å². The van der Waals surface area contributed by atoms with Crippen LogP contribution in [0, 0.1) is 17.6 Å². The van der Waals surface area contributed by atoms with Gasteiger partial charge < -0.3 is 15.4 Å². The van der Waals surface area contributed by atoms with Crippen LogP contribution < -0.4 is 10.6 Å². The lowest BCUT2D eigenvalue weighted by Gasteiger charge is -2.19. The number of carbonyl (C=O) groups excluding carboxylic acids is 3. The van der Waals surface area contributed by atoms with Gasteiger partial charge in [-0.05, 0) is 56.0 Å². The van der Waals surface area contributed by atoms with Gasteiger partial charge in [0.1, 0.15) is 17.7 Å². The minimum Gasteiger partial charge on any atom is -0.469 e. The van der Waals surface area contributed by atoms with E-state index < -0.39 is 29.5 Å². The highest BCUT2D eigenvalue weighted by Crippen LogP contribution is 2.34. The minimum atomic E-state index is -0.861. The summed E-state index contributed by atoms with van der Waals surface area (Å²) in [4.78, 5) is 43.5. The summed E-state index contributed by atoms with van der Waals surface area (Å²) in [6, 6.07) is 9.23. The first-order chi connectivity index (χ1) is 18.7. The van der Waals surface area contributed by atoms with Crippen LogP contribution in [0.4, 0.5) is 14.5 Å². The van der Waals surface area contributed by atoms with Crippen LogP contribution >= 0.6 is 11.3 Å². The number of nitrogens with one attached hydrogen (secondary N) is 2. The number of imidazole rings is 1. The number of benzene rings is 2. The Morgan fingerprint density at radius 2 is 1.87 bits per heavy atom. The molecule has 4 aromatic rings. The molecule has 0 radical (unpaired) electrons. The predicted octanol–water partition coefficient (Wildman–Crippen LogP) is 4.30. The highest BCUT2D eigenvalue weighted by Gasteiger charge is 2.29. The van der Waals surface area contributed by atoms with Crippen molar-refractivity contribution < 1.29 is 27.9 Å². The zero-order valence-corrected chi connectivity index (χ0v) is 22.1. The molecule has 2 amide bonds. The van der Waals surface area contributed by atoms with Gasteiger partial charge >= 0.3 is 5.97 Å². The fourth-order valence-corrected chi connectivity index (χ4v) is 5.95. The Bertz CT molecular complexity index is 1540. The van der Waals surface area contributed by atoms with Gasteiger partial charge in [0.25, 0.3) is 0 Å². The number of thiazole rings is 1. The van der Waals surface area contributed by atoms with E-state index in [1.54, 1.807) is 23.5 Å². The van der Waals surface area contributed by atoms with E-state index in [0.717, 1.165) is 52.1 Å². The first kappa shape index (κ1) is 26.5. The molecule has 202 valence electrons. The molecule has 11 heteroatoms. The second-order valence-corrected chi connectivity index (χ2v) is 10.6. The van der Waals surface area contributed by atoms with Gasteiger partial charge in [-0.15, -0.1) is 11.3 Å². The molecular formula is C28H26F2N4O4S. The van der Waals surface area contributed by atoms with Gasteiger partial charge in [-0.3, -0.25) is 18.8 Å². The topological polar surface area (TPSA) is 102 Å². The molecule has 1 aliphatic rings. The van der Waals surface area contributed by atoms with E-state index in [1.165, 1.54) is 19.7 Å². The van der Waals surface area contributed by atoms with Crippen molar-refractivity contribution in [2.75, 3.05) is 12.4 Å². The summed E-state index contributed by atoms with van der Waals surface area (Å²) in [6.45, 7) is 1.53. The van der Waals surface area contributed by atoms with E-state index in [4.69, 9.17) is 9.72 Å². The van der Waals surface area contributed by atoms with Gasteiger partial charge in [-0.1, -0.05) is 12.1 Å². The highest BCUT2D eigenvalue weighted by molar-refractivity contribution is 7.17. The van der Waals surface area contributed by atoms with E-state index in [-0.39, 0.29) is 23.9 Å². The molecule has 8 nitrogen and oxygen atoms in total. The van der Waals surface area contributed by atoms with Crippen LogP contribution in [0.5, 0.6) is 0 Å². The Morgan fingerprint density at radius 1 is 1.15 bits per heavy atom. The van der Waals surface area contributed by atoms with Crippen molar-refractivity contribution in [2.45, 2.75) is 38.6 Å². The average molecular weight is 553 g/mol. The fourth-order valence-electron chi connectivity index (χ4n) is 4.73. The number of amides is 2. The molecule has 5 rings (SSSR count). The number of fused-ring (bicyclic) bond motifs is 3. The quantitative estimate of drug-likeness (QED) is 0.333. The number of ether oxygens (including phenoxy) is 1. The maximum atomic E-state index is 13.3. The van der Waals surface area contributed by atoms with Crippen LogP contribution in [-0.2, 0) is 38.4 Å². The summed E-state index contributed by atoms with van der Waals surface area (Å²) in [5.74, 6) is -2.77. The maximum Gasteiger partial charge on any atom is 0.309 e. The molecule has 0 fully saturated rings. The highest BCUT2D eigenvalue weighted by atomic mass is 32.1. The van der Waals surface area contributed by atoms with Gasteiger partial charge in [-0.25, -0.2) is 13.8 Å². The number of carbonyl (C=O) groups is 3. The van der Waals surface area contributed by atoms with E-state index >= 15 is 0 Å². The normalized spacial score (nSPS) is 15.4. The van der Waals surface area contributed by atoms with Crippen LogP contribution in [-0.4, -0.2) is 40.3 Å². The number of halogens is 2. The number of methoxy groups -OCH3 is 1. The third-order valence-electron chi connectivity index (χ3n) is 6.70. The van der Waals surface area contributed by atoms with Gasteiger partial charge in [0, 0.05) is 34.1 Å². The Kier molecular flexibility index (Phi) is 7.42. The lowest BCUT2D eigenvalue weighted by molar-refractivity contribution is -0.145. The van der Waals surface area contributed by atoms with E-state index in [2.05, 4.69) is 15.0 Å². The summed E-state index contributed by atoms with van der Waals surface area (Å²) in [5.41, 5.74) is 3.58. The molecule has 0 spiro atoms. The third kappa shape index (κ3) is 5.83. The number of anilines is 1. The largest absolute Gasteiger partial charge is 0.469 e. The average Bonchev–Trinajstić information content (AvgIpc) is 3.45. The first-order valence-corrected chi connectivity index (χ1v) is 13.2. The molecule has 1 aliphatic carbocycles. The van der Waals surface area contributed by atoms with Crippen molar-refractivity contribution in [1.82, 2.24) is 14.7 Å². The van der Waals surface area contributed by atoms with Crippen molar-refractivity contribution in [1.29, 1.82) is 0 Å². The van der Waals surface area contributed by atoms with E-state index in [9.17, 15) is 23.2 Å². The zero-order valence-electron chi connectivity index (χ0n) is 21.3. The van der Waals surface area contributed by atoms with Crippen LogP contribution in [0.25, 0.3) is 16.2 Å². The van der Waals surface area contributed by atoms with Crippen LogP contribution in [0.15, 0.2) is 48.7 Å². The molecule has 0 saturated carbocycles. The SMILES string of the molecule is COC(=O)C1CCc2c(sc3nc(-c4ccc(NC(=O)[C@H](C)NC(=O)Cc5cc(F)cc(F)c5)cc4)cn23)C1. The number of hydrogen-bond donors (Lipinski definition) is 2. The number of nitrogens with zero attached hydrogens (tertiary/aromatic N) is 2. The first-order valence-electron chi connectivity index (χ1n) is 12.4.